The first-order valence-corrected chi connectivity index (χ1v) is 12.4. The maximum atomic E-state index is 13.2. The van der Waals surface area contributed by atoms with Crippen molar-refractivity contribution in [3.63, 3.8) is 0 Å². The Hall–Kier alpha value is -3.22. The van der Waals surface area contributed by atoms with Gasteiger partial charge in [0, 0.05) is 30.1 Å². The van der Waals surface area contributed by atoms with Crippen molar-refractivity contribution >= 4 is 12.0 Å². The van der Waals surface area contributed by atoms with E-state index in [2.05, 4.69) is 17.4 Å². The lowest BCUT2D eigenvalue weighted by molar-refractivity contribution is -0.0107. The van der Waals surface area contributed by atoms with Crippen LogP contribution in [0, 0.1) is 5.92 Å². The summed E-state index contributed by atoms with van der Waals surface area (Å²) in [5, 5.41) is 2.85. The van der Waals surface area contributed by atoms with Crippen molar-refractivity contribution in [2.24, 2.45) is 5.92 Å². The topological polar surface area (TPSA) is 77.1 Å². The molecule has 0 aromatic heterocycles. The molecule has 4 atom stereocenters. The fraction of sp³-hybridized carbons (Fsp3) is 0.500. The highest BCUT2D eigenvalue weighted by molar-refractivity contribution is 5.98. The molecule has 35 heavy (non-hydrogen) atoms. The van der Waals surface area contributed by atoms with Gasteiger partial charge in [-0.15, -0.1) is 0 Å². The Morgan fingerprint density at radius 3 is 2.54 bits per heavy atom. The van der Waals surface area contributed by atoms with Gasteiger partial charge in [-0.1, -0.05) is 18.2 Å². The van der Waals surface area contributed by atoms with Crippen LogP contribution in [-0.4, -0.2) is 48.3 Å². The summed E-state index contributed by atoms with van der Waals surface area (Å²) in [5.41, 5.74) is 2.36. The molecule has 3 aliphatic rings. The van der Waals surface area contributed by atoms with Gasteiger partial charge >= 0.3 is 6.09 Å². The lowest BCUT2D eigenvalue weighted by Crippen LogP contribution is -2.53. The van der Waals surface area contributed by atoms with Crippen LogP contribution in [0.3, 0.4) is 0 Å². The maximum Gasteiger partial charge on any atom is 0.410 e. The van der Waals surface area contributed by atoms with Crippen molar-refractivity contribution in [3.8, 4) is 11.5 Å². The van der Waals surface area contributed by atoms with E-state index in [0.29, 0.717) is 24.5 Å². The van der Waals surface area contributed by atoms with Gasteiger partial charge in [0.2, 0.25) is 0 Å². The van der Waals surface area contributed by atoms with Crippen LogP contribution in [0.5, 0.6) is 11.5 Å². The van der Waals surface area contributed by atoms with Crippen LogP contribution in [0.2, 0.25) is 0 Å². The zero-order chi connectivity index (χ0) is 24.7. The van der Waals surface area contributed by atoms with Gasteiger partial charge in [0.1, 0.15) is 17.1 Å². The van der Waals surface area contributed by atoms with Gasteiger partial charge in [-0.25, -0.2) is 4.79 Å². The number of ether oxygens (including phenoxy) is 3. The van der Waals surface area contributed by atoms with Gasteiger partial charge < -0.3 is 24.4 Å². The Bertz CT molecular complexity index is 1110. The number of carbonyl (C=O) groups excluding carboxylic acids is 2. The predicted octanol–water partition coefficient (Wildman–Crippen LogP) is 4.89. The molecule has 2 amide bonds. The highest BCUT2D eigenvalue weighted by Gasteiger charge is 2.51. The summed E-state index contributed by atoms with van der Waals surface area (Å²) in [6.45, 7) is 6.73. The summed E-state index contributed by atoms with van der Waals surface area (Å²) in [6, 6.07) is 14.1. The number of amides is 2. The molecule has 5 rings (SSSR count). The van der Waals surface area contributed by atoms with E-state index >= 15 is 0 Å². The summed E-state index contributed by atoms with van der Waals surface area (Å²) >= 11 is 0. The summed E-state index contributed by atoms with van der Waals surface area (Å²) < 4.78 is 17.5. The third kappa shape index (κ3) is 4.68. The number of benzene rings is 2. The second-order valence-corrected chi connectivity index (χ2v) is 10.8. The average molecular weight is 479 g/mol. The Labute approximate surface area is 206 Å². The molecule has 2 aromatic rings. The fourth-order valence-corrected chi connectivity index (χ4v) is 5.83. The second kappa shape index (κ2) is 9.10. The quantitative estimate of drug-likeness (QED) is 0.662. The monoisotopic (exact) mass is 478 g/mol. The lowest BCUT2D eigenvalue weighted by Gasteiger charge is -2.45. The fourth-order valence-electron chi connectivity index (χ4n) is 5.83. The highest BCUT2D eigenvalue weighted by Crippen LogP contribution is 2.48. The molecule has 186 valence electrons. The van der Waals surface area contributed by atoms with Crippen LogP contribution in [0.1, 0.15) is 67.4 Å². The lowest BCUT2D eigenvalue weighted by atomic mass is 9.76. The first kappa shape index (κ1) is 23.5. The van der Waals surface area contributed by atoms with Crippen LogP contribution in [0.15, 0.2) is 42.5 Å². The molecule has 7 nitrogen and oxygen atoms in total. The van der Waals surface area contributed by atoms with E-state index in [-0.39, 0.29) is 35.9 Å². The first-order valence-electron chi connectivity index (χ1n) is 12.4. The molecule has 2 fully saturated rings. The molecule has 2 aromatic carbocycles. The third-order valence-electron chi connectivity index (χ3n) is 7.44. The van der Waals surface area contributed by atoms with Gasteiger partial charge in [-0.05, 0) is 81.3 Å². The predicted molar refractivity (Wildman–Crippen MR) is 132 cm³/mol. The van der Waals surface area contributed by atoms with E-state index in [1.54, 1.807) is 7.11 Å². The molecular weight excluding hydrogens is 444 g/mol. The van der Waals surface area contributed by atoms with Crippen LogP contribution in [0.25, 0.3) is 0 Å². The zero-order valence-corrected chi connectivity index (χ0v) is 20.9. The van der Waals surface area contributed by atoms with E-state index in [4.69, 9.17) is 14.2 Å². The molecule has 7 heteroatoms. The van der Waals surface area contributed by atoms with Gasteiger partial charge in [0.05, 0.1) is 13.7 Å². The van der Waals surface area contributed by atoms with E-state index in [9.17, 15) is 9.59 Å². The Morgan fingerprint density at radius 1 is 1.09 bits per heavy atom. The number of hydrogen-bond acceptors (Lipinski definition) is 5. The number of hydrogen-bond donors (Lipinski definition) is 1. The Morgan fingerprint density at radius 2 is 1.83 bits per heavy atom. The molecule has 1 N–H and O–H groups in total. The summed E-state index contributed by atoms with van der Waals surface area (Å²) in [4.78, 5) is 27.3. The molecule has 3 aliphatic heterocycles. The van der Waals surface area contributed by atoms with Gasteiger partial charge in [0.15, 0.2) is 0 Å². The second-order valence-electron chi connectivity index (χ2n) is 10.8. The highest BCUT2D eigenvalue weighted by atomic mass is 16.6. The number of nitrogens with one attached hydrogen (secondary N) is 1. The van der Waals surface area contributed by atoms with Crippen molar-refractivity contribution in [3.05, 3.63) is 59.2 Å². The van der Waals surface area contributed by atoms with Crippen LogP contribution < -0.4 is 14.8 Å². The molecule has 0 unspecified atom stereocenters. The number of piperidine rings is 1. The van der Waals surface area contributed by atoms with Crippen LogP contribution in [0.4, 0.5) is 4.79 Å². The average Bonchev–Trinajstić information content (AvgIpc) is 3.36. The number of rotatable bonds is 5. The molecular formula is C28H34N2O5. The number of nitrogens with zero attached hydrogens (tertiary/aromatic N) is 1. The largest absolute Gasteiger partial charge is 0.497 e. The SMILES string of the molecule is COc1ccc([C@@H]2C[C@H]3CC[C@@H]([C@H]2COc2ccc4c(c2)C(=O)NC4)N3C(=O)OC(C)(C)C)cc1. The zero-order valence-electron chi connectivity index (χ0n) is 20.9. The van der Waals surface area contributed by atoms with E-state index in [1.165, 1.54) is 5.56 Å². The van der Waals surface area contributed by atoms with Crippen molar-refractivity contribution < 1.29 is 23.8 Å². The Kier molecular flexibility index (Phi) is 6.11. The third-order valence-corrected chi connectivity index (χ3v) is 7.44. The van der Waals surface area contributed by atoms with Gasteiger partial charge in [-0.3, -0.25) is 4.79 Å². The molecule has 0 aliphatic carbocycles. The molecule has 2 saturated heterocycles. The minimum absolute atomic E-state index is 0.0356. The number of fused-ring (bicyclic) bond motifs is 3. The molecule has 3 heterocycles. The molecule has 2 bridgehead atoms. The van der Waals surface area contributed by atoms with Crippen molar-refractivity contribution in [2.75, 3.05) is 13.7 Å². The van der Waals surface area contributed by atoms with Crippen molar-refractivity contribution in [1.29, 1.82) is 0 Å². The standard InChI is InChI=1S/C28H34N2O5/c1-28(2,3)35-27(32)30-19-8-12-25(30)24(22(13-19)17-5-9-20(33-4)10-6-17)16-34-21-11-7-18-15-29-26(31)23(18)14-21/h5-7,9-11,14,19,22,24-25H,8,12-13,15-16H2,1-4H3,(H,29,31)/t19-,22+,24+,25+/m1/s1. The summed E-state index contributed by atoms with van der Waals surface area (Å²) in [7, 11) is 1.67. The first-order chi connectivity index (χ1) is 16.7. The van der Waals surface area contributed by atoms with Crippen molar-refractivity contribution in [2.45, 2.75) is 70.2 Å². The van der Waals surface area contributed by atoms with E-state index in [0.717, 1.165) is 30.6 Å². The van der Waals surface area contributed by atoms with Gasteiger partial charge in [-0.2, -0.15) is 0 Å². The number of methoxy groups -OCH3 is 1. The smallest absolute Gasteiger partial charge is 0.410 e. The van der Waals surface area contributed by atoms with E-state index in [1.807, 2.05) is 56.0 Å². The van der Waals surface area contributed by atoms with Crippen molar-refractivity contribution in [1.82, 2.24) is 10.2 Å². The molecule has 0 saturated carbocycles. The van der Waals surface area contributed by atoms with Gasteiger partial charge in [0.25, 0.3) is 5.91 Å². The summed E-state index contributed by atoms with van der Waals surface area (Å²) in [6.07, 6.45) is 2.52. The van der Waals surface area contributed by atoms with Crippen LogP contribution in [-0.2, 0) is 11.3 Å². The minimum atomic E-state index is -0.541. The van der Waals surface area contributed by atoms with Crippen LogP contribution >= 0.6 is 0 Å². The van der Waals surface area contributed by atoms with E-state index < -0.39 is 5.60 Å². The Balaban J connectivity index is 1.41. The normalized spacial score (nSPS) is 25.1. The summed E-state index contributed by atoms with van der Waals surface area (Å²) in [5.74, 6) is 1.78. The minimum Gasteiger partial charge on any atom is -0.497 e. The maximum absolute atomic E-state index is 13.2. The molecule has 0 spiro atoms. The number of carbonyl (C=O) groups is 2. The molecule has 0 radical (unpaired) electrons.